The molecule has 0 saturated carbocycles. The fraction of sp³-hybridized carbons (Fsp3) is 0.143. The van der Waals surface area contributed by atoms with Crippen molar-refractivity contribution < 1.29 is 47.9 Å². The van der Waals surface area contributed by atoms with Crippen LogP contribution in [-0.4, -0.2) is 30.7 Å². The summed E-state index contributed by atoms with van der Waals surface area (Å²) in [6, 6.07) is 5.82. The third-order valence-electron chi connectivity index (χ3n) is 3.36. The maximum atomic E-state index is 12.5. The van der Waals surface area contributed by atoms with Gasteiger partial charge in [0.15, 0.2) is 5.13 Å². The van der Waals surface area contributed by atoms with Gasteiger partial charge in [-0.25, -0.2) is 13.4 Å². The monoisotopic (exact) mass is 373 g/mol. The Hall–Kier alpha value is -1.39. The van der Waals surface area contributed by atoms with E-state index in [1.54, 1.807) is 12.3 Å². The van der Waals surface area contributed by atoms with Gasteiger partial charge in [0.25, 0.3) is 15.9 Å². The first-order valence-electron chi connectivity index (χ1n) is 6.56. The Morgan fingerprint density at radius 2 is 2.00 bits per heavy atom. The predicted molar refractivity (Wildman–Crippen MR) is 83.8 cm³/mol. The van der Waals surface area contributed by atoms with Crippen molar-refractivity contribution in [2.75, 3.05) is 12.4 Å². The van der Waals surface area contributed by atoms with E-state index in [1.807, 2.05) is 6.92 Å². The average Bonchev–Trinajstić information content (AvgIpc) is 2.91. The number of carbonyl (C=O) groups is 1. The van der Waals surface area contributed by atoms with Crippen molar-refractivity contribution in [3.63, 3.8) is 0 Å². The summed E-state index contributed by atoms with van der Waals surface area (Å²) in [6.07, 6.45) is 1.57. The third-order valence-corrected chi connectivity index (χ3v) is 6.00. The Morgan fingerprint density at radius 1 is 1.33 bits per heavy atom. The first-order valence-corrected chi connectivity index (χ1v) is 8.81. The molecule has 0 fully saturated rings. The number of benzene rings is 1. The van der Waals surface area contributed by atoms with Crippen LogP contribution in [0.15, 0.2) is 41.1 Å². The zero-order chi connectivity index (χ0) is 16.8. The molecule has 0 saturated heterocycles. The van der Waals surface area contributed by atoms with E-state index in [-0.39, 0.29) is 40.0 Å². The average molecular weight is 373 g/mol. The molecule has 1 aromatic carbocycles. The molecule has 1 aromatic heterocycles. The van der Waals surface area contributed by atoms with Crippen LogP contribution >= 0.6 is 11.3 Å². The fourth-order valence-corrected chi connectivity index (χ4v) is 4.28. The molecule has 7 nitrogen and oxygen atoms in total. The van der Waals surface area contributed by atoms with E-state index in [0.29, 0.717) is 9.44 Å². The van der Waals surface area contributed by atoms with Crippen LogP contribution in [0, 0.1) is 6.92 Å². The van der Waals surface area contributed by atoms with Gasteiger partial charge < -0.3 is 5.11 Å². The van der Waals surface area contributed by atoms with Crippen LogP contribution in [0.4, 0.5) is 5.13 Å². The summed E-state index contributed by atoms with van der Waals surface area (Å²) in [5.41, 5.74) is -0.456. The minimum atomic E-state index is -3.94. The molecular weight excluding hydrogens is 361 g/mol. The van der Waals surface area contributed by atoms with Crippen LogP contribution in [0.1, 0.15) is 10.4 Å². The molecule has 2 aromatic rings. The van der Waals surface area contributed by atoms with Crippen molar-refractivity contribution in [1.82, 2.24) is 9.29 Å². The van der Waals surface area contributed by atoms with Gasteiger partial charge in [-0.2, -0.15) is 0 Å². The number of rotatable bonds is 2. The standard InChI is InChI=1S/C14H13N3O4S2.Na/c1-8-7-15-14(22-8)16-13(19)11-12(18)9-5-3-4-6-10(9)23(20,21)17(11)2;/h3-7,18H,1-2H3,(H,15,16,19);/q;+1/p-1. The molecule has 3 rings (SSSR count). The number of amides is 1. The van der Waals surface area contributed by atoms with Gasteiger partial charge in [-0.1, -0.05) is 24.0 Å². The Labute approximate surface area is 165 Å². The van der Waals surface area contributed by atoms with E-state index in [1.165, 1.54) is 36.6 Å². The topological polar surface area (TPSA) is 102 Å². The summed E-state index contributed by atoms with van der Waals surface area (Å²) in [5, 5.41) is 15.3. The number of carbonyl (C=O) groups excluding carboxylic acids is 1. The molecule has 120 valence electrons. The molecule has 1 amide bonds. The third kappa shape index (κ3) is 3.09. The number of nitrogens with one attached hydrogen (secondary N) is 1. The Morgan fingerprint density at radius 3 is 2.62 bits per heavy atom. The molecule has 24 heavy (non-hydrogen) atoms. The summed E-state index contributed by atoms with van der Waals surface area (Å²) >= 11 is 1.23. The Kier molecular flexibility index (Phi) is 5.41. The first kappa shape index (κ1) is 18.9. The minimum Gasteiger partial charge on any atom is -0.870 e. The Balaban J connectivity index is 0.00000208. The smallest absolute Gasteiger partial charge is 0.870 e. The van der Waals surface area contributed by atoms with Crippen LogP contribution in [0.3, 0.4) is 0 Å². The maximum Gasteiger partial charge on any atom is 1.00 e. The molecule has 0 spiro atoms. The second-order valence-electron chi connectivity index (χ2n) is 4.88. The molecule has 0 unspecified atom stereocenters. The van der Waals surface area contributed by atoms with Crippen LogP contribution < -0.4 is 40.0 Å². The molecule has 0 radical (unpaired) electrons. The van der Waals surface area contributed by atoms with E-state index >= 15 is 0 Å². The first-order chi connectivity index (χ1) is 10.8. The second kappa shape index (κ2) is 6.85. The summed E-state index contributed by atoms with van der Waals surface area (Å²) in [5.74, 6) is -1.44. The number of fused-ring (bicyclic) bond motifs is 1. The SMILES string of the molecule is Cc1cnc(NC(=O)C2=C([O-])c3ccccc3S(=O)(=O)N2C)s1.[Na+]. The maximum absolute atomic E-state index is 12.5. The largest absolute Gasteiger partial charge is 1.00 e. The number of thiazole rings is 1. The predicted octanol–water partition coefficient (Wildman–Crippen LogP) is -2.24. The summed E-state index contributed by atoms with van der Waals surface area (Å²) in [6.45, 7) is 1.82. The zero-order valence-electron chi connectivity index (χ0n) is 13.2. The quantitative estimate of drug-likeness (QED) is 0.600. The van der Waals surface area contributed by atoms with E-state index in [4.69, 9.17) is 0 Å². The van der Waals surface area contributed by atoms with Crippen molar-refractivity contribution in [3.8, 4) is 0 Å². The minimum absolute atomic E-state index is 0. The molecule has 0 atom stereocenters. The summed E-state index contributed by atoms with van der Waals surface area (Å²) < 4.78 is 25.7. The van der Waals surface area contributed by atoms with Gasteiger partial charge in [-0.3, -0.25) is 14.4 Å². The van der Waals surface area contributed by atoms with Crippen molar-refractivity contribution in [1.29, 1.82) is 0 Å². The molecule has 2 heterocycles. The summed E-state index contributed by atoms with van der Waals surface area (Å²) in [7, 11) is -2.75. The van der Waals surface area contributed by atoms with Crippen LogP contribution in [0.25, 0.3) is 5.76 Å². The molecule has 10 heteroatoms. The van der Waals surface area contributed by atoms with Gasteiger partial charge in [0, 0.05) is 18.1 Å². The van der Waals surface area contributed by atoms with Crippen LogP contribution in [0.2, 0.25) is 0 Å². The van der Waals surface area contributed by atoms with Gasteiger partial charge in [0.2, 0.25) is 0 Å². The number of nitrogens with zero attached hydrogens (tertiary/aromatic N) is 2. The van der Waals surface area contributed by atoms with Crippen LogP contribution in [-0.2, 0) is 14.8 Å². The molecular formula is C14H12N3NaO4S2. The van der Waals surface area contributed by atoms with Gasteiger partial charge in [0.05, 0.1) is 4.90 Å². The van der Waals surface area contributed by atoms with Gasteiger partial charge in [-0.05, 0) is 18.6 Å². The summed E-state index contributed by atoms with van der Waals surface area (Å²) in [4.78, 5) is 17.1. The zero-order valence-corrected chi connectivity index (χ0v) is 16.9. The number of hydrogen-bond donors (Lipinski definition) is 1. The van der Waals surface area contributed by atoms with E-state index in [0.717, 1.165) is 4.88 Å². The number of hydrogen-bond acceptors (Lipinski definition) is 6. The molecule has 0 bridgehead atoms. The van der Waals surface area contributed by atoms with Gasteiger partial charge >= 0.3 is 29.6 Å². The normalized spacial score (nSPS) is 15.5. The molecule has 0 aliphatic carbocycles. The van der Waals surface area contributed by atoms with Crippen molar-refractivity contribution in [2.45, 2.75) is 11.8 Å². The van der Waals surface area contributed by atoms with Crippen LogP contribution in [0.5, 0.6) is 0 Å². The number of anilines is 1. The van der Waals surface area contributed by atoms with E-state index < -0.39 is 27.4 Å². The second-order valence-corrected chi connectivity index (χ2v) is 8.05. The van der Waals surface area contributed by atoms with Crippen molar-refractivity contribution >= 4 is 38.2 Å². The van der Waals surface area contributed by atoms with Crippen molar-refractivity contribution in [2.24, 2.45) is 0 Å². The van der Waals surface area contributed by atoms with E-state index in [2.05, 4.69) is 10.3 Å². The molecule has 1 N–H and O–H groups in total. The Bertz CT molecular complexity index is 937. The molecule has 1 aliphatic rings. The molecule has 1 aliphatic heterocycles. The van der Waals surface area contributed by atoms with Gasteiger partial charge in [0.1, 0.15) is 5.70 Å². The van der Waals surface area contributed by atoms with E-state index in [9.17, 15) is 18.3 Å². The number of likely N-dealkylation sites (N-methyl/N-ethyl adjacent to an activating group) is 1. The number of aryl methyl sites for hydroxylation is 1. The number of sulfonamides is 1. The fourth-order valence-electron chi connectivity index (χ4n) is 2.23. The van der Waals surface area contributed by atoms with Crippen molar-refractivity contribution in [3.05, 3.63) is 46.6 Å². The number of aromatic nitrogens is 1. The van der Waals surface area contributed by atoms with Gasteiger partial charge in [-0.15, -0.1) is 11.3 Å².